The van der Waals surface area contributed by atoms with E-state index in [9.17, 15) is 9.59 Å². The lowest BCUT2D eigenvalue weighted by atomic mass is 10.3. The number of carboxylic acids is 1. The average molecular weight is 261 g/mol. The highest BCUT2D eigenvalue weighted by atomic mass is 32.2. The van der Waals surface area contributed by atoms with E-state index < -0.39 is 22.6 Å². The SMILES string of the molecule is COC(=O)CO/N=S1/C=C(CC(=O)O)N=C1N. The Hall–Kier alpha value is -1.74. The van der Waals surface area contributed by atoms with Gasteiger partial charge in [-0.15, -0.1) is 0 Å². The van der Waals surface area contributed by atoms with Crippen LogP contribution in [0.4, 0.5) is 0 Å². The maximum atomic E-state index is 10.7. The van der Waals surface area contributed by atoms with Crippen LogP contribution in [0.5, 0.6) is 0 Å². The maximum Gasteiger partial charge on any atom is 0.334 e. The van der Waals surface area contributed by atoms with Gasteiger partial charge in [-0.3, -0.25) is 4.79 Å². The number of carbonyl (C=O) groups is 2. The molecule has 0 radical (unpaired) electrons. The van der Waals surface area contributed by atoms with Crippen LogP contribution in [0.25, 0.3) is 0 Å². The first-order valence-electron chi connectivity index (χ1n) is 4.42. The van der Waals surface area contributed by atoms with Gasteiger partial charge in [-0.2, -0.15) is 0 Å². The molecular weight excluding hydrogens is 250 g/mol. The van der Waals surface area contributed by atoms with Gasteiger partial charge in [-0.25, -0.2) is 14.6 Å². The first-order valence-corrected chi connectivity index (χ1v) is 5.67. The van der Waals surface area contributed by atoms with Crippen LogP contribution in [0, 0.1) is 0 Å². The number of esters is 1. The number of carboxylic acid groups (broad SMARTS) is 1. The van der Waals surface area contributed by atoms with Crippen LogP contribution in [0.2, 0.25) is 0 Å². The minimum atomic E-state index is -1.01. The van der Waals surface area contributed by atoms with Gasteiger partial charge in [0, 0.05) is 16.1 Å². The fourth-order valence-corrected chi connectivity index (χ4v) is 1.91. The van der Waals surface area contributed by atoms with Crippen molar-refractivity contribution in [2.24, 2.45) is 15.3 Å². The number of hydrogen-bond acceptors (Lipinski definition) is 7. The first-order chi connectivity index (χ1) is 8.02. The molecule has 1 rings (SSSR count). The third-order valence-electron chi connectivity index (χ3n) is 1.59. The van der Waals surface area contributed by atoms with Crippen molar-refractivity contribution in [1.82, 2.24) is 0 Å². The Labute approximate surface area is 99.2 Å². The smallest absolute Gasteiger partial charge is 0.334 e. The van der Waals surface area contributed by atoms with Gasteiger partial charge in [-0.1, -0.05) is 4.53 Å². The van der Waals surface area contributed by atoms with E-state index in [0.717, 1.165) is 0 Å². The van der Waals surface area contributed by atoms with E-state index in [1.807, 2.05) is 0 Å². The number of nitrogens with zero attached hydrogens (tertiary/aromatic N) is 2. The second kappa shape index (κ2) is 6.11. The summed E-state index contributed by atoms with van der Waals surface area (Å²) in [5, 5.41) is 10.2. The predicted octanol–water partition coefficient (Wildman–Crippen LogP) is -0.463. The van der Waals surface area contributed by atoms with Gasteiger partial charge >= 0.3 is 11.9 Å². The molecule has 0 amide bonds. The normalized spacial score (nSPS) is 18.8. The van der Waals surface area contributed by atoms with Crippen molar-refractivity contribution in [2.45, 2.75) is 6.42 Å². The van der Waals surface area contributed by atoms with Gasteiger partial charge in [-0.05, 0) is 0 Å². The van der Waals surface area contributed by atoms with Gasteiger partial charge in [0.2, 0.25) is 0 Å². The number of hydrogen-bond donors (Lipinski definition) is 2. The summed E-state index contributed by atoms with van der Waals surface area (Å²) in [4.78, 5) is 29.7. The van der Waals surface area contributed by atoms with Crippen LogP contribution in [0.3, 0.4) is 0 Å². The van der Waals surface area contributed by atoms with Gasteiger partial charge in [0.1, 0.15) is 0 Å². The summed E-state index contributed by atoms with van der Waals surface area (Å²) >= 11 is 0. The van der Waals surface area contributed by atoms with E-state index in [4.69, 9.17) is 15.7 Å². The van der Waals surface area contributed by atoms with E-state index >= 15 is 0 Å². The third kappa shape index (κ3) is 4.33. The van der Waals surface area contributed by atoms with Crippen LogP contribution in [0.15, 0.2) is 20.6 Å². The molecule has 17 heavy (non-hydrogen) atoms. The van der Waals surface area contributed by atoms with Gasteiger partial charge in [0.15, 0.2) is 11.8 Å². The standard InChI is InChI=1S/C8H11N3O5S/c1-15-7(14)3-16-11-17-4-5(2-6(12)13)10-8(17)9/h4H,2-3H2,1H3,(H2,9,10)(H,12,13). The lowest BCUT2D eigenvalue weighted by molar-refractivity contribution is -0.145. The molecule has 0 aliphatic carbocycles. The average Bonchev–Trinajstić information content (AvgIpc) is 2.58. The van der Waals surface area contributed by atoms with Crippen molar-refractivity contribution in [2.75, 3.05) is 13.7 Å². The van der Waals surface area contributed by atoms with E-state index in [1.54, 1.807) is 0 Å². The molecule has 9 heteroatoms. The molecule has 0 aromatic carbocycles. The predicted molar refractivity (Wildman–Crippen MR) is 59.7 cm³/mol. The van der Waals surface area contributed by atoms with Crippen molar-refractivity contribution in [1.29, 1.82) is 0 Å². The molecule has 94 valence electrons. The summed E-state index contributed by atoms with van der Waals surface area (Å²) in [6, 6.07) is 0. The monoisotopic (exact) mass is 261 g/mol. The highest BCUT2D eigenvalue weighted by Crippen LogP contribution is 2.14. The largest absolute Gasteiger partial charge is 0.481 e. The van der Waals surface area contributed by atoms with E-state index in [-0.39, 0.29) is 18.2 Å². The molecule has 0 aromatic rings. The summed E-state index contributed by atoms with van der Waals surface area (Å²) in [6.45, 7) is -0.324. The maximum absolute atomic E-state index is 10.7. The number of amidine groups is 1. The zero-order valence-corrected chi connectivity index (χ0v) is 9.77. The fourth-order valence-electron chi connectivity index (χ4n) is 0.894. The van der Waals surface area contributed by atoms with Crippen molar-refractivity contribution in [3.8, 4) is 0 Å². The first kappa shape index (κ1) is 13.3. The van der Waals surface area contributed by atoms with Crippen LogP contribution < -0.4 is 5.73 Å². The topological polar surface area (TPSA) is 124 Å². The van der Waals surface area contributed by atoms with Crippen LogP contribution in [-0.2, 0) is 29.9 Å². The number of aliphatic imine (C=N–C) groups is 1. The van der Waals surface area contributed by atoms with E-state index in [1.165, 1.54) is 12.5 Å². The van der Waals surface area contributed by atoms with Gasteiger partial charge in [0.25, 0.3) is 0 Å². The zero-order valence-electron chi connectivity index (χ0n) is 8.95. The van der Waals surface area contributed by atoms with Crippen molar-refractivity contribution in [3.63, 3.8) is 0 Å². The Bertz CT molecular complexity index is 429. The molecular formula is C8H11N3O5S. The summed E-state index contributed by atoms with van der Waals surface area (Å²) in [5.74, 6) is -1.57. The zero-order chi connectivity index (χ0) is 12.8. The molecule has 0 bridgehead atoms. The molecule has 0 fully saturated rings. The summed E-state index contributed by atoms with van der Waals surface area (Å²) in [6.07, 6.45) is -0.225. The molecule has 1 unspecified atom stereocenters. The number of methoxy groups -OCH3 is 1. The second-order valence-corrected chi connectivity index (χ2v) is 4.30. The van der Waals surface area contributed by atoms with Crippen molar-refractivity contribution >= 4 is 27.8 Å². The molecule has 1 atom stereocenters. The van der Waals surface area contributed by atoms with Crippen molar-refractivity contribution < 1.29 is 24.3 Å². The highest BCUT2D eigenvalue weighted by Gasteiger charge is 2.14. The molecule has 1 heterocycles. The number of ether oxygens (including phenoxy) is 1. The minimum Gasteiger partial charge on any atom is -0.481 e. The lowest BCUT2D eigenvalue weighted by Crippen LogP contribution is -2.14. The van der Waals surface area contributed by atoms with Crippen LogP contribution >= 0.6 is 0 Å². The Balaban J connectivity index is 2.58. The molecule has 0 aromatic heterocycles. The third-order valence-corrected chi connectivity index (χ3v) is 2.87. The quantitative estimate of drug-likeness (QED) is 0.509. The molecule has 1 aliphatic heterocycles. The number of rotatable bonds is 5. The fraction of sp³-hybridized carbons (Fsp3) is 0.375. The van der Waals surface area contributed by atoms with Crippen molar-refractivity contribution in [3.05, 3.63) is 11.1 Å². The summed E-state index contributed by atoms with van der Waals surface area (Å²) in [5.41, 5.74) is 5.84. The number of carbonyl (C=O) groups excluding carboxylic acids is 1. The lowest BCUT2D eigenvalue weighted by Gasteiger charge is -1.97. The molecule has 0 spiro atoms. The number of nitrogens with two attached hydrogens (primary N) is 1. The minimum absolute atomic E-state index is 0.158. The highest BCUT2D eigenvalue weighted by molar-refractivity contribution is 8.05. The van der Waals surface area contributed by atoms with Gasteiger partial charge < -0.3 is 15.6 Å². The van der Waals surface area contributed by atoms with E-state index in [0.29, 0.717) is 5.70 Å². The Morgan fingerprint density at radius 2 is 2.35 bits per heavy atom. The molecule has 3 N–H and O–H groups in total. The Morgan fingerprint density at radius 3 is 2.94 bits per heavy atom. The Morgan fingerprint density at radius 1 is 1.65 bits per heavy atom. The number of aliphatic carboxylic acids is 1. The molecule has 0 saturated heterocycles. The van der Waals surface area contributed by atoms with Crippen LogP contribution in [-0.4, -0.2) is 35.9 Å². The van der Waals surface area contributed by atoms with Gasteiger partial charge in [0.05, 0.1) is 19.2 Å². The molecule has 8 nitrogen and oxygen atoms in total. The second-order valence-electron chi connectivity index (χ2n) is 2.87. The summed E-state index contributed by atoms with van der Waals surface area (Å²) in [7, 11) is 0.287. The molecule has 0 saturated carbocycles. The Kier molecular flexibility index (Phi) is 4.79. The summed E-state index contributed by atoms with van der Waals surface area (Å²) < 4.78 is 7.99. The van der Waals surface area contributed by atoms with Crippen LogP contribution in [0.1, 0.15) is 6.42 Å². The molecule has 1 aliphatic rings. The van der Waals surface area contributed by atoms with E-state index in [2.05, 4.69) is 14.3 Å².